The number of hydrogen-bond acceptors (Lipinski definition) is 3. The first kappa shape index (κ1) is 19.5. The van der Waals surface area contributed by atoms with Crippen LogP contribution in [0.5, 0.6) is 0 Å². The van der Waals surface area contributed by atoms with Crippen LogP contribution in [0.4, 0.5) is 0 Å². The first-order valence-electron chi connectivity index (χ1n) is 6.62. The van der Waals surface area contributed by atoms with E-state index in [9.17, 15) is 9.59 Å². The van der Waals surface area contributed by atoms with Crippen molar-refractivity contribution in [2.45, 2.75) is 40.5 Å². The Bertz CT molecular complexity index is 341. The number of methoxy groups -OCH3 is 1. The van der Waals surface area contributed by atoms with Crippen LogP contribution < -0.4 is 5.32 Å². The summed E-state index contributed by atoms with van der Waals surface area (Å²) in [6.07, 6.45) is 9.85. The Kier molecular flexibility index (Phi) is 14.6. The van der Waals surface area contributed by atoms with Gasteiger partial charge in [-0.25, -0.2) is 0 Å². The number of carbonyl (C=O) groups excluding carboxylic acids is 2. The van der Waals surface area contributed by atoms with Crippen molar-refractivity contribution in [3.63, 3.8) is 0 Å². The van der Waals surface area contributed by atoms with Crippen LogP contribution in [-0.2, 0) is 14.3 Å². The van der Waals surface area contributed by atoms with Crippen LogP contribution in [0, 0.1) is 0 Å². The zero-order valence-corrected chi connectivity index (χ0v) is 12.5. The van der Waals surface area contributed by atoms with Gasteiger partial charge in [-0.05, 0) is 12.5 Å². The first-order chi connectivity index (χ1) is 9.22. The van der Waals surface area contributed by atoms with Crippen LogP contribution in [0.25, 0.3) is 0 Å². The van der Waals surface area contributed by atoms with Crippen LogP contribution in [0.3, 0.4) is 0 Å². The molecule has 4 heteroatoms. The van der Waals surface area contributed by atoms with E-state index >= 15 is 0 Å². The highest BCUT2D eigenvalue weighted by molar-refractivity contribution is 5.95. The van der Waals surface area contributed by atoms with Crippen LogP contribution in [0.1, 0.15) is 40.5 Å². The van der Waals surface area contributed by atoms with Crippen molar-refractivity contribution in [1.29, 1.82) is 0 Å². The Balaban J connectivity index is 0. The summed E-state index contributed by atoms with van der Waals surface area (Å²) in [5, 5.41) is 2.62. The van der Waals surface area contributed by atoms with Crippen LogP contribution in [-0.4, -0.2) is 19.0 Å². The largest absolute Gasteiger partial charge is 0.469 e. The van der Waals surface area contributed by atoms with E-state index in [0.29, 0.717) is 5.70 Å². The smallest absolute Gasteiger partial charge is 0.315 e. The van der Waals surface area contributed by atoms with E-state index in [1.807, 2.05) is 52.0 Å². The maximum atomic E-state index is 11.3. The lowest BCUT2D eigenvalue weighted by molar-refractivity contribution is -0.143. The third-order valence-electron chi connectivity index (χ3n) is 1.81. The van der Waals surface area contributed by atoms with Gasteiger partial charge in [-0.2, -0.15) is 0 Å². The van der Waals surface area contributed by atoms with E-state index in [4.69, 9.17) is 0 Å². The molecule has 0 saturated carbocycles. The van der Waals surface area contributed by atoms with E-state index < -0.39 is 5.97 Å². The number of carbonyl (C=O) groups is 2. The lowest BCUT2D eigenvalue weighted by Gasteiger charge is -2.04. The summed E-state index contributed by atoms with van der Waals surface area (Å²) in [7, 11) is 1.25. The first-order valence-corrected chi connectivity index (χ1v) is 6.62. The van der Waals surface area contributed by atoms with Crippen LogP contribution in [0.2, 0.25) is 0 Å². The van der Waals surface area contributed by atoms with Crippen molar-refractivity contribution in [1.82, 2.24) is 5.32 Å². The molecule has 0 aliphatic heterocycles. The zero-order chi connectivity index (χ0) is 15.1. The van der Waals surface area contributed by atoms with Crippen LogP contribution >= 0.6 is 0 Å². The van der Waals surface area contributed by atoms with Gasteiger partial charge in [0.1, 0.15) is 6.42 Å². The summed E-state index contributed by atoms with van der Waals surface area (Å²) in [6.45, 7) is 8.00. The maximum Gasteiger partial charge on any atom is 0.315 e. The summed E-state index contributed by atoms with van der Waals surface area (Å²) >= 11 is 0. The van der Waals surface area contributed by atoms with Gasteiger partial charge in [0.05, 0.1) is 7.11 Å². The average molecular weight is 267 g/mol. The van der Waals surface area contributed by atoms with Gasteiger partial charge in [0.2, 0.25) is 5.91 Å². The Morgan fingerprint density at radius 3 is 2.42 bits per heavy atom. The average Bonchev–Trinajstić information content (AvgIpc) is 2.71. The minimum absolute atomic E-state index is 0.255. The highest BCUT2D eigenvalue weighted by atomic mass is 16.5. The number of amides is 1. The van der Waals surface area contributed by atoms with E-state index in [-0.39, 0.29) is 12.3 Å². The van der Waals surface area contributed by atoms with Gasteiger partial charge < -0.3 is 10.1 Å². The summed E-state index contributed by atoms with van der Waals surface area (Å²) in [6, 6.07) is 0. The molecule has 0 heterocycles. The fourth-order valence-electron chi connectivity index (χ4n) is 1.08. The van der Waals surface area contributed by atoms with Crippen molar-refractivity contribution in [2.24, 2.45) is 0 Å². The molecular formula is C15H25NO3. The molecule has 0 radical (unpaired) electrons. The van der Waals surface area contributed by atoms with Crippen molar-refractivity contribution >= 4 is 11.9 Å². The third-order valence-corrected chi connectivity index (χ3v) is 1.81. The molecule has 0 saturated heterocycles. The molecule has 0 bridgehead atoms. The van der Waals surface area contributed by atoms with Gasteiger partial charge in [-0.1, -0.05) is 52.0 Å². The standard InChI is InChI=1S/C11H13NO3.2C2H6/c1-15-11(14)8-10(13)12-9-6-4-2-3-5-7-9;2*1-2/h2-4,6-7H,5,8H2,1H3,(H,12,13);2*1-2H3. The number of rotatable bonds is 3. The fourth-order valence-corrected chi connectivity index (χ4v) is 1.08. The minimum atomic E-state index is -0.538. The van der Waals surface area contributed by atoms with E-state index in [1.54, 1.807) is 6.08 Å². The molecule has 0 unspecified atom stereocenters. The van der Waals surface area contributed by atoms with Gasteiger partial charge in [0.15, 0.2) is 0 Å². The molecule has 1 aliphatic carbocycles. The van der Waals surface area contributed by atoms with Crippen molar-refractivity contribution in [3.8, 4) is 0 Å². The summed E-state index contributed by atoms with van der Waals surface area (Å²) in [5.41, 5.74) is 0.703. The molecule has 1 rings (SSSR count). The summed E-state index contributed by atoms with van der Waals surface area (Å²) < 4.78 is 4.39. The molecule has 1 amide bonds. The predicted molar refractivity (Wildman–Crippen MR) is 78.5 cm³/mol. The fraction of sp³-hybridized carbons (Fsp3) is 0.467. The monoisotopic (exact) mass is 267 g/mol. The highest BCUT2D eigenvalue weighted by Gasteiger charge is 2.09. The maximum absolute atomic E-state index is 11.3. The number of allylic oxidation sites excluding steroid dienone is 5. The Labute approximate surface area is 116 Å². The van der Waals surface area contributed by atoms with E-state index in [2.05, 4.69) is 10.1 Å². The van der Waals surface area contributed by atoms with Gasteiger partial charge in [-0.15, -0.1) is 0 Å². The second-order valence-electron chi connectivity index (χ2n) is 2.98. The van der Waals surface area contributed by atoms with Gasteiger partial charge >= 0.3 is 5.97 Å². The summed E-state index contributed by atoms with van der Waals surface area (Å²) in [5.74, 6) is -0.900. The third kappa shape index (κ3) is 11.0. The molecule has 4 nitrogen and oxygen atoms in total. The quantitative estimate of drug-likeness (QED) is 0.631. The topological polar surface area (TPSA) is 55.4 Å². The number of ether oxygens (including phenoxy) is 1. The van der Waals surface area contributed by atoms with Crippen LogP contribution in [0.15, 0.2) is 36.1 Å². The van der Waals surface area contributed by atoms with Crippen molar-refractivity contribution < 1.29 is 14.3 Å². The highest BCUT2D eigenvalue weighted by Crippen LogP contribution is 2.02. The molecule has 0 aromatic heterocycles. The minimum Gasteiger partial charge on any atom is -0.469 e. The van der Waals surface area contributed by atoms with E-state index in [1.165, 1.54) is 7.11 Å². The molecule has 0 fully saturated rings. The Hall–Kier alpha value is -1.84. The molecule has 0 spiro atoms. The Morgan fingerprint density at radius 1 is 1.21 bits per heavy atom. The SMILES string of the molecule is CC.CC.COC(=O)CC(=O)NC1=CCC=CC=C1. The normalized spacial score (nSPS) is 11.7. The van der Waals surface area contributed by atoms with E-state index in [0.717, 1.165) is 6.42 Å². The predicted octanol–water partition coefficient (Wildman–Crippen LogP) is 3.12. The summed E-state index contributed by atoms with van der Waals surface area (Å²) in [4.78, 5) is 22.1. The molecule has 0 atom stereocenters. The molecule has 19 heavy (non-hydrogen) atoms. The number of esters is 1. The number of hydrogen-bond donors (Lipinski definition) is 1. The van der Waals surface area contributed by atoms with Gasteiger partial charge in [-0.3, -0.25) is 9.59 Å². The van der Waals surface area contributed by atoms with Crippen molar-refractivity contribution in [3.05, 3.63) is 36.1 Å². The van der Waals surface area contributed by atoms with Gasteiger partial charge in [0, 0.05) is 5.70 Å². The molecule has 108 valence electrons. The van der Waals surface area contributed by atoms with Gasteiger partial charge in [0.25, 0.3) is 0 Å². The molecule has 0 aromatic carbocycles. The lowest BCUT2D eigenvalue weighted by atomic mass is 10.3. The molecular weight excluding hydrogens is 242 g/mol. The second-order valence-corrected chi connectivity index (χ2v) is 2.98. The zero-order valence-electron chi connectivity index (χ0n) is 12.5. The molecule has 1 aliphatic rings. The molecule has 1 N–H and O–H groups in total. The Morgan fingerprint density at radius 2 is 1.84 bits per heavy atom. The second kappa shape index (κ2) is 14.2. The number of nitrogens with one attached hydrogen (secondary N) is 1. The van der Waals surface area contributed by atoms with Crippen molar-refractivity contribution in [2.75, 3.05) is 7.11 Å². The molecule has 0 aromatic rings. The lowest BCUT2D eigenvalue weighted by Crippen LogP contribution is -2.24.